The molecule has 0 saturated heterocycles. The molecule has 0 aliphatic heterocycles. The zero-order valence-electron chi connectivity index (χ0n) is 18.1. The summed E-state index contributed by atoms with van der Waals surface area (Å²) < 4.78 is 43.6. The Balaban J connectivity index is 2.29. The topological polar surface area (TPSA) is 137 Å². The molecular formula is C22H23N3O7S. The van der Waals surface area contributed by atoms with Crippen molar-refractivity contribution in [2.75, 3.05) is 20.5 Å². The summed E-state index contributed by atoms with van der Waals surface area (Å²) in [4.78, 5) is 20.7. The highest BCUT2D eigenvalue weighted by atomic mass is 32.2. The van der Waals surface area contributed by atoms with Crippen LogP contribution in [0.3, 0.4) is 0 Å². The average Bonchev–Trinajstić information content (AvgIpc) is 2.81. The van der Waals surface area contributed by atoms with E-state index in [2.05, 4.69) is 14.7 Å². The molecule has 0 spiro atoms. The number of carboxylic acid groups (broad SMARTS) is 1. The van der Waals surface area contributed by atoms with Crippen LogP contribution in [-0.4, -0.2) is 56.0 Å². The fourth-order valence-corrected chi connectivity index (χ4v) is 4.34. The fourth-order valence-electron chi connectivity index (χ4n) is 3.41. The minimum Gasteiger partial charge on any atom is -0.481 e. The van der Waals surface area contributed by atoms with Gasteiger partial charge in [-0.25, -0.2) is 13.2 Å². The quantitative estimate of drug-likeness (QED) is 0.452. The first-order valence-electron chi connectivity index (χ1n) is 9.66. The normalized spacial score (nSPS) is 12.6. The van der Waals surface area contributed by atoms with Gasteiger partial charge in [0.05, 0.1) is 26.5 Å². The number of carbonyl (C=O) groups is 1. The van der Waals surface area contributed by atoms with Gasteiger partial charge in [0.1, 0.15) is 5.54 Å². The molecule has 174 valence electrons. The maximum atomic E-state index is 12.6. The lowest BCUT2D eigenvalue weighted by Crippen LogP contribution is -2.59. The Morgan fingerprint density at radius 3 is 1.76 bits per heavy atom. The Morgan fingerprint density at radius 1 is 0.939 bits per heavy atom. The number of rotatable bonds is 10. The number of carboxylic acids is 1. The smallest absolute Gasteiger partial charge is 0.347 e. The fraction of sp³-hybridized carbons (Fsp3) is 0.227. The molecule has 0 aliphatic carbocycles. The van der Waals surface area contributed by atoms with Crippen molar-refractivity contribution >= 4 is 16.0 Å². The van der Waals surface area contributed by atoms with Gasteiger partial charge < -0.3 is 19.3 Å². The molecule has 0 radical (unpaired) electrons. The van der Waals surface area contributed by atoms with Crippen molar-refractivity contribution in [3.63, 3.8) is 0 Å². The van der Waals surface area contributed by atoms with Crippen LogP contribution in [0.4, 0.5) is 0 Å². The lowest BCUT2D eigenvalue weighted by atomic mass is 9.79. The Morgan fingerprint density at radius 2 is 1.39 bits per heavy atom. The van der Waals surface area contributed by atoms with Gasteiger partial charge in [0.15, 0.2) is 0 Å². The average molecular weight is 474 g/mol. The summed E-state index contributed by atoms with van der Waals surface area (Å²) in [7, 11) is -1.23. The van der Waals surface area contributed by atoms with Crippen molar-refractivity contribution < 1.29 is 32.5 Å². The Labute approximate surface area is 191 Å². The van der Waals surface area contributed by atoms with Crippen LogP contribution in [0.1, 0.15) is 11.1 Å². The predicted molar refractivity (Wildman–Crippen MR) is 119 cm³/mol. The summed E-state index contributed by atoms with van der Waals surface area (Å²) in [6, 6.07) is 17.6. The second kappa shape index (κ2) is 9.84. The van der Waals surface area contributed by atoms with Crippen LogP contribution in [0.25, 0.3) is 0 Å². The third kappa shape index (κ3) is 5.38. The highest BCUT2D eigenvalue weighted by Gasteiger charge is 2.50. The number of aliphatic carboxylic acids is 1. The molecule has 1 aromatic heterocycles. The molecule has 11 heteroatoms. The summed E-state index contributed by atoms with van der Waals surface area (Å²) in [5.41, 5.74) is -1.20. The van der Waals surface area contributed by atoms with Crippen molar-refractivity contribution in [3.8, 4) is 17.8 Å². The second-order valence-electron chi connectivity index (χ2n) is 6.99. The van der Waals surface area contributed by atoms with Gasteiger partial charge in [-0.1, -0.05) is 60.7 Å². The van der Waals surface area contributed by atoms with Crippen molar-refractivity contribution in [1.82, 2.24) is 14.7 Å². The zero-order valence-corrected chi connectivity index (χ0v) is 18.9. The van der Waals surface area contributed by atoms with Gasteiger partial charge in [0, 0.05) is 0 Å². The SMILES string of the molecule is COc1cc(OC)nc(OC(C(=O)O)C(NS(C)(=O)=O)(c2ccccc2)c2ccccc2)n1. The summed E-state index contributed by atoms with van der Waals surface area (Å²) in [5.74, 6) is -1.31. The highest BCUT2D eigenvalue weighted by Crippen LogP contribution is 2.36. The van der Waals surface area contributed by atoms with Gasteiger partial charge in [-0.05, 0) is 11.1 Å². The molecule has 0 bridgehead atoms. The van der Waals surface area contributed by atoms with Crippen LogP contribution in [0, 0.1) is 0 Å². The maximum absolute atomic E-state index is 12.6. The number of benzene rings is 2. The molecule has 33 heavy (non-hydrogen) atoms. The number of nitrogens with one attached hydrogen (secondary N) is 1. The summed E-state index contributed by atoms with van der Waals surface area (Å²) in [6.45, 7) is 0. The third-order valence-electron chi connectivity index (χ3n) is 4.72. The van der Waals surface area contributed by atoms with E-state index in [1.165, 1.54) is 20.3 Å². The Bertz CT molecular complexity index is 1140. The summed E-state index contributed by atoms with van der Waals surface area (Å²) in [5, 5.41) is 10.3. The highest BCUT2D eigenvalue weighted by molar-refractivity contribution is 7.88. The minimum atomic E-state index is -3.96. The van der Waals surface area contributed by atoms with Crippen LogP contribution >= 0.6 is 0 Å². The first-order chi connectivity index (χ1) is 15.7. The number of nitrogens with zero attached hydrogens (tertiary/aromatic N) is 2. The van der Waals surface area contributed by atoms with Crippen molar-refractivity contribution in [2.24, 2.45) is 0 Å². The van der Waals surface area contributed by atoms with Gasteiger partial charge in [-0.3, -0.25) is 0 Å². The van der Waals surface area contributed by atoms with Crippen LogP contribution < -0.4 is 18.9 Å². The number of hydrogen-bond acceptors (Lipinski definition) is 8. The standard InChI is InChI=1S/C22H23N3O7S/c1-30-17-14-18(31-2)24-21(23-17)32-19(20(26)27)22(25-33(3,28)29,15-10-6-4-7-11-15)16-12-8-5-9-13-16/h4-14,19,25H,1-3H3,(H,26,27). The number of ether oxygens (including phenoxy) is 3. The first kappa shape index (κ1) is 24.0. The van der Waals surface area contributed by atoms with E-state index < -0.39 is 27.6 Å². The third-order valence-corrected chi connectivity index (χ3v) is 5.42. The molecule has 0 fully saturated rings. The first-order valence-corrected chi connectivity index (χ1v) is 11.5. The molecule has 2 aromatic carbocycles. The zero-order chi connectivity index (χ0) is 24.1. The van der Waals surface area contributed by atoms with Gasteiger partial charge >= 0.3 is 12.0 Å². The van der Waals surface area contributed by atoms with Gasteiger partial charge in [-0.15, -0.1) is 0 Å². The Kier molecular flexibility index (Phi) is 7.14. The van der Waals surface area contributed by atoms with Crippen molar-refractivity contribution in [1.29, 1.82) is 0 Å². The molecule has 0 amide bonds. The van der Waals surface area contributed by atoms with Gasteiger partial charge in [-0.2, -0.15) is 14.7 Å². The predicted octanol–water partition coefficient (Wildman–Crippen LogP) is 1.82. The number of sulfonamides is 1. The van der Waals surface area contributed by atoms with Crippen LogP contribution in [0.2, 0.25) is 0 Å². The van der Waals surface area contributed by atoms with Gasteiger partial charge in [0.25, 0.3) is 0 Å². The van der Waals surface area contributed by atoms with Crippen LogP contribution in [0.15, 0.2) is 66.7 Å². The number of hydrogen-bond donors (Lipinski definition) is 2. The molecule has 10 nitrogen and oxygen atoms in total. The van der Waals surface area contributed by atoms with Gasteiger partial charge in [0.2, 0.25) is 27.9 Å². The molecule has 3 aromatic rings. The molecule has 2 N–H and O–H groups in total. The van der Waals surface area contributed by atoms with E-state index in [9.17, 15) is 18.3 Å². The largest absolute Gasteiger partial charge is 0.481 e. The van der Waals surface area contributed by atoms with E-state index in [4.69, 9.17) is 14.2 Å². The monoisotopic (exact) mass is 473 g/mol. The molecule has 0 aliphatic rings. The van der Waals surface area contributed by atoms with Crippen LogP contribution in [0.5, 0.6) is 17.8 Å². The maximum Gasteiger partial charge on any atom is 0.347 e. The molecule has 1 atom stereocenters. The van der Waals surface area contributed by atoms with Crippen molar-refractivity contribution in [2.45, 2.75) is 11.6 Å². The second-order valence-corrected chi connectivity index (χ2v) is 8.73. The minimum absolute atomic E-state index is 0.0714. The molecule has 0 saturated carbocycles. The van der Waals surface area contributed by atoms with E-state index >= 15 is 0 Å². The number of aromatic nitrogens is 2. The lowest BCUT2D eigenvalue weighted by Gasteiger charge is -2.39. The summed E-state index contributed by atoms with van der Waals surface area (Å²) >= 11 is 0. The van der Waals surface area contributed by atoms with E-state index in [0.29, 0.717) is 11.1 Å². The number of methoxy groups -OCH3 is 2. The van der Waals surface area contributed by atoms with E-state index in [0.717, 1.165) is 6.26 Å². The summed E-state index contributed by atoms with van der Waals surface area (Å²) in [6.07, 6.45) is -0.883. The molecule has 3 rings (SSSR count). The van der Waals surface area contributed by atoms with Crippen molar-refractivity contribution in [3.05, 3.63) is 77.9 Å². The lowest BCUT2D eigenvalue weighted by molar-refractivity contribution is -0.148. The van der Waals surface area contributed by atoms with E-state index in [1.807, 2.05) is 0 Å². The Hall–Kier alpha value is -3.70. The van der Waals surface area contributed by atoms with Crippen LogP contribution in [-0.2, 0) is 20.4 Å². The molecule has 1 heterocycles. The molecular weight excluding hydrogens is 450 g/mol. The molecule has 1 unspecified atom stereocenters. The van der Waals surface area contributed by atoms with E-state index in [-0.39, 0.29) is 17.8 Å². The van der Waals surface area contributed by atoms with E-state index in [1.54, 1.807) is 60.7 Å².